The molecule has 1 unspecified atom stereocenters. The number of aryl methyl sites for hydroxylation is 1. The molecule has 1 aliphatic heterocycles. The van der Waals surface area contributed by atoms with Gasteiger partial charge in [0.25, 0.3) is 0 Å². The molecule has 0 amide bonds. The molecule has 1 aromatic carbocycles. The molecule has 19 heavy (non-hydrogen) atoms. The van der Waals surface area contributed by atoms with E-state index in [1.807, 2.05) is 25.1 Å². The van der Waals surface area contributed by atoms with Crippen LogP contribution < -0.4 is 5.32 Å². The van der Waals surface area contributed by atoms with Crippen molar-refractivity contribution in [2.45, 2.75) is 24.3 Å². The number of hydrogen-bond donors (Lipinski definition) is 1. The monoisotopic (exact) mass is 274 g/mol. The minimum atomic E-state index is -0.168. The molecule has 2 aromatic rings. The van der Waals surface area contributed by atoms with Gasteiger partial charge in [0.15, 0.2) is 0 Å². The topological polar surface area (TPSA) is 24.9 Å². The highest BCUT2D eigenvalue weighted by Crippen LogP contribution is 2.38. The Kier molecular flexibility index (Phi) is 3.42. The standard InChI is InChI=1S/C15H15FN2S/c1-10-8-12(4-6-17-10)18-14-5-7-19-15-3-2-11(16)9-13(14)15/h2-4,6,8-9,14H,5,7H2,1H3,(H,17,18). The number of rotatable bonds is 2. The fraction of sp³-hybridized carbons (Fsp3) is 0.267. The predicted molar refractivity (Wildman–Crippen MR) is 77.1 cm³/mol. The average molecular weight is 274 g/mol. The zero-order chi connectivity index (χ0) is 13.2. The second-order valence-corrected chi connectivity index (χ2v) is 5.84. The van der Waals surface area contributed by atoms with Crippen LogP contribution in [0.5, 0.6) is 0 Å². The van der Waals surface area contributed by atoms with Crippen LogP contribution in [0.25, 0.3) is 0 Å². The lowest BCUT2D eigenvalue weighted by Crippen LogP contribution is -2.16. The fourth-order valence-electron chi connectivity index (χ4n) is 2.35. The summed E-state index contributed by atoms with van der Waals surface area (Å²) in [5.41, 5.74) is 3.08. The number of fused-ring (bicyclic) bond motifs is 1. The third-order valence-electron chi connectivity index (χ3n) is 3.25. The Hall–Kier alpha value is -1.55. The molecule has 0 saturated heterocycles. The second-order valence-electron chi connectivity index (χ2n) is 4.70. The molecule has 0 aliphatic carbocycles. The van der Waals surface area contributed by atoms with Gasteiger partial charge in [0, 0.05) is 28.2 Å². The van der Waals surface area contributed by atoms with Gasteiger partial charge in [0.05, 0.1) is 6.04 Å². The normalized spacial score (nSPS) is 17.9. The second kappa shape index (κ2) is 5.21. The van der Waals surface area contributed by atoms with Crippen LogP contribution in [-0.2, 0) is 0 Å². The van der Waals surface area contributed by atoms with E-state index in [0.717, 1.165) is 29.1 Å². The van der Waals surface area contributed by atoms with Gasteiger partial charge >= 0.3 is 0 Å². The van der Waals surface area contributed by atoms with Crippen molar-refractivity contribution >= 4 is 17.4 Å². The first-order valence-corrected chi connectivity index (χ1v) is 7.32. The third kappa shape index (κ3) is 2.73. The minimum Gasteiger partial charge on any atom is -0.378 e. The van der Waals surface area contributed by atoms with Crippen LogP contribution in [0.1, 0.15) is 23.7 Å². The van der Waals surface area contributed by atoms with Gasteiger partial charge in [-0.25, -0.2) is 4.39 Å². The SMILES string of the molecule is Cc1cc(NC2CCSc3ccc(F)cc32)ccn1. The van der Waals surface area contributed by atoms with E-state index in [1.54, 1.807) is 24.0 Å². The molecule has 98 valence electrons. The summed E-state index contributed by atoms with van der Waals surface area (Å²) < 4.78 is 13.4. The van der Waals surface area contributed by atoms with Gasteiger partial charge in [0.2, 0.25) is 0 Å². The van der Waals surface area contributed by atoms with E-state index in [2.05, 4.69) is 10.3 Å². The van der Waals surface area contributed by atoms with E-state index in [-0.39, 0.29) is 11.9 Å². The number of halogens is 1. The van der Waals surface area contributed by atoms with Gasteiger partial charge in [-0.1, -0.05) is 0 Å². The summed E-state index contributed by atoms with van der Waals surface area (Å²) in [4.78, 5) is 5.36. The van der Waals surface area contributed by atoms with Crippen LogP contribution >= 0.6 is 11.8 Å². The molecule has 0 spiro atoms. The first-order valence-electron chi connectivity index (χ1n) is 6.34. The number of nitrogens with one attached hydrogen (secondary N) is 1. The van der Waals surface area contributed by atoms with Crippen LogP contribution in [0, 0.1) is 12.7 Å². The molecule has 1 aliphatic rings. The molecule has 0 fully saturated rings. The Labute approximate surface area is 116 Å². The van der Waals surface area contributed by atoms with Gasteiger partial charge in [0.1, 0.15) is 5.82 Å². The molecular weight excluding hydrogens is 259 g/mol. The molecule has 4 heteroatoms. The van der Waals surface area contributed by atoms with E-state index in [0.29, 0.717) is 0 Å². The van der Waals surface area contributed by atoms with Gasteiger partial charge in [-0.05, 0) is 49.2 Å². The highest BCUT2D eigenvalue weighted by Gasteiger charge is 2.21. The molecule has 1 aromatic heterocycles. The largest absolute Gasteiger partial charge is 0.378 e. The fourth-order valence-corrected chi connectivity index (χ4v) is 3.46. The number of nitrogens with zero attached hydrogens (tertiary/aromatic N) is 1. The van der Waals surface area contributed by atoms with Crippen molar-refractivity contribution in [2.24, 2.45) is 0 Å². The van der Waals surface area contributed by atoms with E-state index in [1.165, 1.54) is 11.0 Å². The number of hydrogen-bond acceptors (Lipinski definition) is 3. The maximum atomic E-state index is 13.4. The van der Waals surface area contributed by atoms with Gasteiger partial charge in [-0.3, -0.25) is 4.98 Å². The first kappa shape index (κ1) is 12.5. The summed E-state index contributed by atoms with van der Waals surface area (Å²) in [6.45, 7) is 1.97. The Morgan fingerprint density at radius 1 is 1.32 bits per heavy atom. The molecular formula is C15H15FN2S. The van der Waals surface area contributed by atoms with Crippen molar-refractivity contribution < 1.29 is 4.39 Å². The van der Waals surface area contributed by atoms with Crippen LogP contribution in [0.3, 0.4) is 0 Å². The summed E-state index contributed by atoms with van der Waals surface area (Å²) in [6.07, 6.45) is 2.80. The Bertz CT molecular complexity index is 600. The van der Waals surface area contributed by atoms with E-state index in [4.69, 9.17) is 0 Å². The van der Waals surface area contributed by atoms with Crippen molar-refractivity contribution in [3.63, 3.8) is 0 Å². The average Bonchev–Trinajstić information content (AvgIpc) is 2.39. The quantitative estimate of drug-likeness (QED) is 0.889. The third-order valence-corrected chi connectivity index (χ3v) is 4.37. The van der Waals surface area contributed by atoms with Gasteiger partial charge in [-0.2, -0.15) is 0 Å². The Morgan fingerprint density at radius 3 is 3.05 bits per heavy atom. The molecule has 0 saturated carbocycles. The number of anilines is 1. The van der Waals surface area contributed by atoms with Crippen molar-refractivity contribution in [1.82, 2.24) is 4.98 Å². The Balaban J connectivity index is 1.89. The number of pyridine rings is 1. The lowest BCUT2D eigenvalue weighted by Gasteiger charge is -2.27. The first-order chi connectivity index (χ1) is 9.22. The van der Waals surface area contributed by atoms with Crippen LogP contribution in [0.2, 0.25) is 0 Å². The predicted octanol–water partition coefficient (Wildman–Crippen LogP) is 4.18. The maximum Gasteiger partial charge on any atom is 0.123 e. The zero-order valence-corrected chi connectivity index (χ0v) is 11.5. The van der Waals surface area contributed by atoms with E-state index in [9.17, 15) is 4.39 Å². The van der Waals surface area contributed by atoms with Gasteiger partial charge in [-0.15, -0.1) is 11.8 Å². The van der Waals surface area contributed by atoms with Crippen molar-refractivity contribution in [3.8, 4) is 0 Å². The van der Waals surface area contributed by atoms with Crippen molar-refractivity contribution in [2.75, 3.05) is 11.1 Å². The summed E-state index contributed by atoms with van der Waals surface area (Å²) in [5, 5.41) is 3.49. The Morgan fingerprint density at radius 2 is 2.21 bits per heavy atom. The number of benzene rings is 1. The van der Waals surface area contributed by atoms with Crippen LogP contribution in [-0.4, -0.2) is 10.7 Å². The number of aromatic nitrogens is 1. The van der Waals surface area contributed by atoms with E-state index < -0.39 is 0 Å². The molecule has 1 N–H and O–H groups in total. The maximum absolute atomic E-state index is 13.4. The zero-order valence-electron chi connectivity index (χ0n) is 10.7. The molecule has 1 atom stereocenters. The molecule has 2 heterocycles. The molecule has 0 bridgehead atoms. The minimum absolute atomic E-state index is 0.168. The summed E-state index contributed by atoms with van der Waals surface area (Å²) in [5.74, 6) is 0.888. The summed E-state index contributed by atoms with van der Waals surface area (Å²) in [7, 11) is 0. The molecule has 3 rings (SSSR count). The highest BCUT2D eigenvalue weighted by atomic mass is 32.2. The molecule has 0 radical (unpaired) electrons. The smallest absolute Gasteiger partial charge is 0.123 e. The lowest BCUT2D eigenvalue weighted by molar-refractivity contribution is 0.616. The van der Waals surface area contributed by atoms with Crippen LogP contribution in [0.4, 0.5) is 10.1 Å². The van der Waals surface area contributed by atoms with Crippen molar-refractivity contribution in [1.29, 1.82) is 0 Å². The summed E-state index contributed by atoms with van der Waals surface area (Å²) in [6, 6.07) is 9.20. The van der Waals surface area contributed by atoms with Gasteiger partial charge < -0.3 is 5.32 Å². The summed E-state index contributed by atoms with van der Waals surface area (Å²) >= 11 is 1.80. The van der Waals surface area contributed by atoms with E-state index >= 15 is 0 Å². The number of thioether (sulfide) groups is 1. The lowest BCUT2D eigenvalue weighted by atomic mass is 10.0. The van der Waals surface area contributed by atoms with Crippen molar-refractivity contribution in [3.05, 3.63) is 53.6 Å². The molecule has 2 nitrogen and oxygen atoms in total. The highest BCUT2D eigenvalue weighted by molar-refractivity contribution is 7.99. The van der Waals surface area contributed by atoms with Crippen LogP contribution in [0.15, 0.2) is 41.4 Å².